The summed E-state index contributed by atoms with van der Waals surface area (Å²) in [4.78, 5) is 11.2. The number of nitrogens with zero attached hydrogens (tertiary/aromatic N) is 1. The van der Waals surface area contributed by atoms with Crippen LogP contribution >= 0.6 is 0 Å². The second-order valence-corrected chi connectivity index (χ2v) is 8.68. The van der Waals surface area contributed by atoms with Crippen molar-refractivity contribution in [2.75, 3.05) is 18.4 Å². The summed E-state index contributed by atoms with van der Waals surface area (Å²) in [6.45, 7) is 3.35. The summed E-state index contributed by atoms with van der Waals surface area (Å²) in [6.07, 6.45) is 1.70. The monoisotopic (exact) mass is 439 g/mol. The van der Waals surface area contributed by atoms with Gasteiger partial charge in [-0.1, -0.05) is 60.7 Å². The Morgan fingerprint density at radius 1 is 1.09 bits per heavy atom. The van der Waals surface area contributed by atoms with E-state index in [9.17, 15) is 15.2 Å². The Labute approximate surface area is 195 Å². The van der Waals surface area contributed by atoms with E-state index in [-0.39, 0.29) is 6.04 Å². The first-order valence-electron chi connectivity index (χ1n) is 11.4. The lowest BCUT2D eigenvalue weighted by molar-refractivity contribution is -0.138. The van der Waals surface area contributed by atoms with Crippen LogP contribution in [0.4, 0.5) is 5.69 Å². The minimum atomic E-state index is -0.808. The van der Waals surface area contributed by atoms with Gasteiger partial charge in [0.1, 0.15) is 0 Å². The lowest BCUT2D eigenvalue weighted by atomic mass is 9.83. The van der Waals surface area contributed by atoms with Gasteiger partial charge in [-0.2, -0.15) is 5.26 Å². The molecular formula is C28H29N3O2. The number of aliphatic carboxylic acids is 1. The highest BCUT2D eigenvalue weighted by Crippen LogP contribution is 2.34. The van der Waals surface area contributed by atoms with Crippen LogP contribution in [0.3, 0.4) is 0 Å². The maximum Gasteiger partial charge on any atom is 0.310 e. The molecule has 1 aliphatic heterocycles. The zero-order chi connectivity index (χ0) is 23.2. The van der Waals surface area contributed by atoms with Gasteiger partial charge >= 0.3 is 5.97 Å². The molecule has 168 valence electrons. The van der Waals surface area contributed by atoms with Gasteiger partial charge in [0.05, 0.1) is 17.6 Å². The van der Waals surface area contributed by atoms with Crippen molar-refractivity contribution >= 4 is 11.7 Å². The first-order chi connectivity index (χ1) is 16.1. The average Bonchev–Trinajstić information content (AvgIpc) is 2.86. The molecule has 4 rings (SSSR count). The molecule has 0 fully saturated rings. The van der Waals surface area contributed by atoms with Crippen LogP contribution in [0.1, 0.15) is 46.7 Å². The molecule has 1 heterocycles. The highest BCUT2D eigenvalue weighted by molar-refractivity contribution is 5.75. The molecule has 5 heteroatoms. The topological polar surface area (TPSA) is 85.2 Å². The van der Waals surface area contributed by atoms with E-state index in [2.05, 4.69) is 41.0 Å². The van der Waals surface area contributed by atoms with Crippen LogP contribution < -0.4 is 10.6 Å². The van der Waals surface area contributed by atoms with E-state index in [0.717, 1.165) is 48.3 Å². The maximum atomic E-state index is 11.2. The second-order valence-electron chi connectivity index (χ2n) is 8.68. The van der Waals surface area contributed by atoms with Gasteiger partial charge in [-0.15, -0.1) is 0 Å². The van der Waals surface area contributed by atoms with Crippen molar-refractivity contribution in [2.24, 2.45) is 5.92 Å². The standard InChI is InChI=1S/C28H29N3O2/c1-19(28(32)33)21-12-10-20(11-13-21)14-15-30-27(22-6-3-2-4-7-22)24-16-25-23(17-29)8-5-9-26(25)31-18-24/h2-13,19,24,27,30-31H,14-16,18H2,1H3,(H,32,33)/t19-,24+,27-/m1/s1. The van der Waals surface area contributed by atoms with E-state index in [1.165, 1.54) is 11.1 Å². The first-order valence-corrected chi connectivity index (χ1v) is 11.4. The molecule has 3 aromatic rings. The van der Waals surface area contributed by atoms with E-state index in [1.807, 2.05) is 48.5 Å². The summed E-state index contributed by atoms with van der Waals surface area (Å²) in [6, 6.07) is 26.7. The van der Waals surface area contributed by atoms with Crippen LogP contribution in [0.5, 0.6) is 0 Å². The van der Waals surface area contributed by atoms with Crippen LogP contribution in [0, 0.1) is 17.2 Å². The minimum Gasteiger partial charge on any atom is -0.481 e. The molecule has 0 bridgehead atoms. The van der Waals surface area contributed by atoms with Crippen molar-refractivity contribution in [1.29, 1.82) is 5.26 Å². The lowest BCUT2D eigenvalue weighted by Gasteiger charge is -2.34. The quantitative estimate of drug-likeness (QED) is 0.465. The Balaban J connectivity index is 1.46. The largest absolute Gasteiger partial charge is 0.481 e. The molecule has 0 amide bonds. The van der Waals surface area contributed by atoms with E-state index in [4.69, 9.17) is 0 Å². The van der Waals surface area contributed by atoms with Gasteiger partial charge in [-0.25, -0.2) is 0 Å². The number of fused-ring (bicyclic) bond motifs is 1. The zero-order valence-corrected chi connectivity index (χ0v) is 18.8. The normalized spacial score (nSPS) is 16.7. The number of carbonyl (C=O) groups is 1. The SMILES string of the molecule is C[C@@H](C(=O)O)c1ccc(CCN[C@H](c2ccccc2)[C@@H]2CNc3cccc(C#N)c3C2)cc1. The third kappa shape index (κ3) is 5.24. The Bertz CT molecular complexity index is 1140. The molecule has 0 aromatic heterocycles. The summed E-state index contributed by atoms with van der Waals surface area (Å²) in [5.74, 6) is -0.995. The molecule has 0 unspecified atom stereocenters. The van der Waals surface area contributed by atoms with Crippen LogP contribution in [-0.4, -0.2) is 24.2 Å². The number of rotatable bonds is 8. The number of nitrogens with one attached hydrogen (secondary N) is 2. The number of anilines is 1. The molecule has 0 aliphatic carbocycles. The number of hydrogen-bond donors (Lipinski definition) is 3. The third-order valence-corrected chi connectivity index (χ3v) is 6.58. The molecular weight excluding hydrogens is 410 g/mol. The molecule has 3 N–H and O–H groups in total. The molecule has 0 spiro atoms. The Morgan fingerprint density at radius 3 is 2.55 bits per heavy atom. The van der Waals surface area contributed by atoms with Crippen molar-refractivity contribution in [3.8, 4) is 6.07 Å². The van der Waals surface area contributed by atoms with Gasteiger partial charge in [-0.3, -0.25) is 4.79 Å². The van der Waals surface area contributed by atoms with Gasteiger partial charge in [-0.05, 0) is 66.6 Å². The van der Waals surface area contributed by atoms with Crippen molar-refractivity contribution < 1.29 is 9.90 Å². The third-order valence-electron chi connectivity index (χ3n) is 6.58. The van der Waals surface area contributed by atoms with Gasteiger partial charge in [0.15, 0.2) is 0 Å². The van der Waals surface area contributed by atoms with E-state index in [0.29, 0.717) is 5.92 Å². The minimum absolute atomic E-state index is 0.157. The summed E-state index contributed by atoms with van der Waals surface area (Å²) in [5.41, 5.74) is 6.14. The molecule has 33 heavy (non-hydrogen) atoms. The summed E-state index contributed by atoms with van der Waals surface area (Å²) in [7, 11) is 0. The van der Waals surface area contributed by atoms with Crippen molar-refractivity contribution in [1.82, 2.24) is 5.32 Å². The maximum absolute atomic E-state index is 11.2. The summed E-state index contributed by atoms with van der Waals surface area (Å²) < 4.78 is 0. The average molecular weight is 440 g/mol. The highest BCUT2D eigenvalue weighted by atomic mass is 16.4. The second kappa shape index (κ2) is 10.3. The summed E-state index contributed by atoms with van der Waals surface area (Å²) >= 11 is 0. The molecule has 1 aliphatic rings. The fourth-order valence-corrected chi connectivity index (χ4v) is 4.59. The van der Waals surface area contributed by atoms with Crippen LogP contribution in [-0.2, 0) is 17.6 Å². The Hall–Kier alpha value is -3.62. The molecule has 5 nitrogen and oxygen atoms in total. The fourth-order valence-electron chi connectivity index (χ4n) is 4.59. The molecule has 0 saturated carbocycles. The molecule has 0 saturated heterocycles. The lowest BCUT2D eigenvalue weighted by Crippen LogP contribution is -2.37. The number of nitriles is 1. The number of carboxylic acid groups (broad SMARTS) is 1. The van der Waals surface area contributed by atoms with E-state index >= 15 is 0 Å². The van der Waals surface area contributed by atoms with E-state index in [1.54, 1.807) is 6.92 Å². The number of hydrogen-bond acceptors (Lipinski definition) is 4. The van der Waals surface area contributed by atoms with Gasteiger partial charge in [0.25, 0.3) is 0 Å². The summed E-state index contributed by atoms with van der Waals surface area (Å²) in [5, 5.41) is 26.1. The van der Waals surface area contributed by atoms with Gasteiger partial charge in [0, 0.05) is 18.3 Å². The van der Waals surface area contributed by atoms with Crippen molar-refractivity contribution in [3.63, 3.8) is 0 Å². The van der Waals surface area contributed by atoms with Crippen molar-refractivity contribution in [2.45, 2.75) is 31.7 Å². The van der Waals surface area contributed by atoms with Crippen LogP contribution in [0.25, 0.3) is 0 Å². The Kier molecular flexibility index (Phi) is 7.07. The van der Waals surface area contributed by atoms with Crippen molar-refractivity contribution in [3.05, 3.63) is 101 Å². The first kappa shape index (κ1) is 22.6. The van der Waals surface area contributed by atoms with Gasteiger partial charge in [0.2, 0.25) is 0 Å². The highest BCUT2D eigenvalue weighted by Gasteiger charge is 2.28. The fraction of sp³-hybridized carbons (Fsp3) is 0.286. The number of carboxylic acids is 1. The predicted octanol–water partition coefficient (Wildman–Crippen LogP) is 4.90. The predicted molar refractivity (Wildman–Crippen MR) is 130 cm³/mol. The molecule has 3 aromatic carbocycles. The Morgan fingerprint density at radius 2 is 1.85 bits per heavy atom. The molecule has 3 atom stereocenters. The zero-order valence-electron chi connectivity index (χ0n) is 18.8. The van der Waals surface area contributed by atoms with Crippen LogP contribution in [0.2, 0.25) is 0 Å². The van der Waals surface area contributed by atoms with Crippen LogP contribution in [0.15, 0.2) is 72.8 Å². The van der Waals surface area contributed by atoms with E-state index < -0.39 is 11.9 Å². The molecule has 0 radical (unpaired) electrons. The smallest absolute Gasteiger partial charge is 0.310 e. The van der Waals surface area contributed by atoms with Gasteiger partial charge < -0.3 is 15.7 Å². The number of benzene rings is 3.